The van der Waals surface area contributed by atoms with Gasteiger partial charge in [0.1, 0.15) is 0 Å². The third-order valence-electron chi connectivity index (χ3n) is 26.3. The van der Waals surface area contributed by atoms with E-state index in [0.29, 0.717) is 11.4 Å². The maximum absolute atomic E-state index is 4.80. The largest absolute Gasteiger partial charge is 3.00 e. The van der Waals surface area contributed by atoms with Crippen LogP contribution < -0.4 is 0 Å². The van der Waals surface area contributed by atoms with Crippen molar-refractivity contribution in [2.24, 2.45) is 0 Å². The Labute approximate surface area is 851 Å². The predicted octanol–water partition coefficient (Wildman–Crippen LogP) is 33.1. The molecule has 8 nitrogen and oxygen atoms in total. The van der Waals surface area contributed by atoms with Crippen LogP contribution in [0.2, 0.25) is 0 Å². The molecule has 25 aromatic rings. The maximum atomic E-state index is 4.80. The first-order chi connectivity index (χ1) is 69.4. The average Bonchev–Trinajstić information content (AvgIpc) is 1.60. The summed E-state index contributed by atoms with van der Waals surface area (Å²) in [5.41, 5.74) is 41.4. The Kier molecular flexibility index (Phi) is 25.5. The second kappa shape index (κ2) is 40.3. The monoisotopic (exact) mass is 2160 g/mol. The second-order valence-electron chi connectivity index (χ2n) is 34.6. The molecule has 0 N–H and O–H groups in total. The minimum atomic E-state index is 0. The minimum Gasteiger partial charge on any atom is -0.333 e. The quantitative estimate of drug-likeness (QED) is 0.0750. The van der Waals surface area contributed by atoms with Gasteiger partial charge in [-0.3, -0.25) is 12.1 Å². The number of nitrogens with zero attached hydrogens (tertiary/aromatic N) is 8. The fourth-order valence-electron chi connectivity index (χ4n) is 19.7. The van der Waals surface area contributed by atoms with Gasteiger partial charge in [-0.2, -0.15) is 5.56 Å². The average molecular weight is 2160 g/mol. The van der Waals surface area contributed by atoms with Crippen molar-refractivity contribution >= 4 is 43.6 Å². The van der Waals surface area contributed by atoms with Gasteiger partial charge in [0.05, 0.1) is 22.1 Å². The second-order valence-corrected chi connectivity index (χ2v) is 34.6. The zero-order chi connectivity index (χ0) is 93.0. The smallest absolute Gasteiger partial charge is 0.333 e. The summed E-state index contributed by atoms with van der Waals surface area (Å²) < 4.78 is 4.73. The number of benzene rings is 18. The maximum Gasteiger partial charge on any atom is 3.00 e. The molecule has 0 radical (unpaired) electrons. The van der Waals surface area contributed by atoms with Crippen LogP contribution in [0.3, 0.4) is 0 Å². The van der Waals surface area contributed by atoms with Crippen molar-refractivity contribution in [1.82, 2.24) is 39.0 Å². The van der Waals surface area contributed by atoms with Crippen molar-refractivity contribution in [2.75, 3.05) is 0 Å². The van der Waals surface area contributed by atoms with Gasteiger partial charge in [-0.05, 0) is 211 Å². The van der Waals surface area contributed by atoms with Gasteiger partial charge in [0.2, 0.25) is 0 Å². The summed E-state index contributed by atoms with van der Waals surface area (Å²) in [6.07, 6.45) is 10.8. The Hall–Kier alpha value is -17.5. The fraction of sp³-hybridized carbons (Fsp3) is 0. The molecule has 0 unspecified atom stereocenters. The molecule has 0 saturated heterocycles. The van der Waals surface area contributed by atoms with Gasteiger partial charge in [0.15, 0.2) is 0 Å². The Morgan fingerprint density at radius 3 is 0.852 bits per heavy atom. The Balaban J connectivity index is 0.000000166. The summed E-state index contributed by atoms with van der Waals surface area (Å²) in [6.45, 7) is 0. The van der Waals surface area contributed by atoms with Crippen molar-refractivity contribution in [3.63, 3.8) is 0 Å². The molecular weight excluding hydrogens is 2080 g/mol. The van der Waals surface area contributed by atoms with Gasteiger partial charge in [0.25, 0.3) is 0 Å². The van der Waals surface area contributed by atoms with Gasteiger partial charge in [-0.1, -0.05) is 334 Å². The SMILES string of the molecule is [Ir+3].[Ir+3].[c-]1cc(-c2ccccc2-c2cc(-c3ccccc3-c3c[c-]c(-c4ccccn4)cc3)cc(-c3ccccc3-c3c[c-]c(-c4ccccn4)cc3-c3ccc4c(c3)c3ccccc3n4-c3ccccc3)c2)c[c-]c1-c1ncccn1.[c-]1cc(-c2ccccc2-c2cccc(-c3ccccc3-c3c[c-]c(-c4ccccn4)cc3-c3ccc4c(c3)c3ccccc3n4-c3ccccc3)c2)ccc1-c1ccccn1. The molecule has 0 aliphatic heterocycles. The molecule has 10 heteroatoms. The number of para-hydroxylation sites is 4. The van der Waals surface area contributed by atoms with Crippen molar-refractivity contribution in [3.05, 3.63) is 535 Å². The van der Waals surface area contributed by atoms with Gasteiger partial charge >= 0.3 is 40.2 Å². The summed E-state index contributed by atoms with van der Waals surface area (Å²) in [5, 5.41) is 4.80. The number of hydrogen-bond acceptors (Lipinski definition) is 6. The summed E-state index contributed by atoms with van der Waals surface area (Å²) in [5.74, 6) is 0.587. The van der Waals surface area contributed by atoms with Crippen LogP contribution in [0.4, 0.5) is 0 Å². The molecule has 0 atom stereocenters. The van der Waals surface area contributed by atoms with Gasteiger partial charge in [-0.15, -0.1) is 107 Å². The number of hydrogen-bond donors (Lipinski definition) is 0. The van der Waals surface area contributed by atoms with Crippen LogP contribution in [-0.4, -0.2) is 39.0 Å². The van der Waals surface area contributed by atoms with E-state index in [1.54, 1.807) is 12.4 Å². The summed E-state index contributed by atoms with van der Waals surface area (Å²) >= 11 is 0. The van der Waals surface area contributed by atoms with E-state index in [4.69, 9.17) is 9.97 Å². The first-order valence-electron chi connectivity index (χ1n) is 46.9. The van der Waals surface area contributed by atoms with Crippen molar-refractivity contribution in [3.8, 4) is 201 Å². The molecular formula is C132H82Ir2N8. The molecule has 142 heavy (non-hydrogen) atoms. The molecule has 0 amide bonds. The van der Waals surface area contributed by atoms with E-state index >= 15 is 0 Å². The molecule has 7 heterocycles. The molecule has 668 valence electrons. The summed E-state index contributed by atoms with van der Waals surface area (Å²) in [6, 6.07) is 184. The standard InChI is InChI=1S/C74H45N5.C58H37N3.2Ir/c1-2-17-59(18-3-1)79-72-28-11-10-25-67(72)69-48-54(38-40-73(69)79)68-49-55(71-27-13-15-42-76-71)37-39-66(68)65-24-9-8-23-64(65)58-46-56(62-21-6-4-19-60(62)50-29-33-52(34-30-50)70-26-12-14-41-75-70)45-57(47-58)63-22-7-5-20-61(63)51-31-35-53(36-32-51)74-77-43-16-44-78-74;1-2-17-46(18-3-1)61-57-26-9-8-23-52(57)54-38-44(32-34-58(54)61)53-39-45(56-25-11-13-36-60-56)31-33-51(53)50-22-7-6-21-49(50)43-16-14-15-42(37-43)48-20-5-4-19-47(48)40-27-29-41(30-28-40)55-24-10-12-35-59-55;;/h1-33,38-49H;1-29,32-39H;;/q-4;-2;2*+3. The van der Waals surface area contributed by atoms with Crippen LogP contribution in [0.15, 0.2) is 498 Å². The Bertz CT molecular complexity index is 8720. The number of pyridine rings is 4. The fourth-order valence-corrected chi connectivity index (χ4v) is 19.7. The number of aromatic nitrogens is 8. The van der Waals surface area contributed by atoms with Gasteiger partial charge in [0, 0.05) is 70.1 Å². The van der Waals surface area contributed by atoms with E-state index < -0.39 is 0 Å². The zero-order valence-corrected chi connectivity index (χ0v) is 81.4. The molecule has 18 aromatic carbocycles. The normalized spacial score (nSPS) is 11.1. The van der Waals surface area contributed by atoms with E-state index in [-0.39, 0.29) is 40.2 Å². The molecule has 25 rings (SSSR count). The first-order valence-corrected chi connectivity index (χ1v) is 46.9. The van der Waals surface area contributed by atoms with Gasteiger partial charge < -0.3 is 39.0 Å². The van der Waals surface area contributed by atoms with E-state index in [1.807, 2.05) is 104 Å². The third-order valence-corrected chi connectivity index (χ3v) is 26.3. The number of rotatable bonds is 19. The van der Waals surface area contributed by atoms with E-state index in [1.165, 1.54) is 32.6 Å². The predicted molar refractivity (Wildman–Crippen MR) is 574 cm³/mol. The van der Waals surface area contributed by atoms with E-state index in [2.05, 4.69) is 448 Å². The molecule has 0 aliphatic rings. The van der Waals surface area contributed by atoms with Crippen LogP contribution in [0, 0.1) is 36.4 Å². The van der Waals surface area contributed by atoms with Crippen LogP contribution in [0.25, 0.3) is 245 Å². The summed E-state index contributed by atoms with van der Waals surface area (Å²) in [7, 11) is 0. The van der Waals surface area contributed by atoms with Crippen LogP contribution in [-0.2, 0) is 40.2 Å². The first kappa shape index (κ1) is 89.7. The molecule has 0 aliphatic carbocycles. The van der Waals surface area contributed by atoms with Crippen molar-refractivity contribution < 1.29 is 40.2 Å². The summed E-state index contributed by atoms with van der Waals surface area (Å²) in [4.78, 5) is 27.6. The third kappa shape index (κ3) is 17.7. The molecule has 7 aromatic heterocycles. The molecule has 0 bridgehead atoms. The molecule has 0 spiro atoms. The molecule has 0 saturated carbocycles. The van der Waals surface area contributed by atoms with E-state index in [9.17, 15) is 0 Å². The van der Waals surface area contributed by atoms with Crippen molar-refractivity contribution in [1.29, 1.82) is 0 Å². The zero-order valence-electron chi connectivity index (χ0n) is 76.6. The van der Waals surface area contributed by atoms with Crippen LogP contribution in [0.1, 0.15) is 0 Å². The number of fused-ring (bicyclic) bond motifs is 6. The van der Waals surface area contributed by atoms with Gasteiger partial charge in [-0.25, -0.2) is 17.7 Å². The Morgan fingerprint density at radius 1 is 0.162 bits per heavy atom. The Morgan fingerprint density at radius 2 is 0.458 bits per heavy atom. The minimum absolute atomic E-state index is 0. The topological polar surface area (TPSA) is 87.2 Å². The van der Waals surface area contributed by atoms with Crippen LogP contribution >= 0.6 is 0 Å². The molecule has 0 fully saturated rings. The van der Waals surface area contributed by atoms with Crippen LogP contribution in [0.5, 0.6) is 0 Å². The van der Waals surface area contributed by atoms with Crippen molar-refractivity contribution in [2.45, 2.75) is 0 Å². The van der Waals surface area contributed by atoms with E-state index in [0.717, 1.165) is 201 Å².